The van der Waals surface area contributed by atoms with Crippen molar-refractivity contribution in [1.29, 1.82) is 0 Å². The second-order valence-corrected chi connectivity index (χ2v) is 4.88. The average Bonchev–Trinajstić information content (AvgIpc) is 2.96. The predicted octanol–water partition coefficient (Wildman–Crippen LogP) is 2.95. The van der Waals surface area contributed by atoms with Crippen LogP contribution in [0.5, 0.6) is 5.75 Å². The molecule has 0 saturated heterocycles. The van der Waals surface area contributed by atoms with Crippen LogP contribution < -0.4 is 4.74 Å². The van der Waals surface area contributed by atoms with Gasteiger partial charge in [-0.25, -0.2) is 9.79 Å². The standard InChI is InChI=1S/C17H12N2O5/c1-23-12-8-6-11(7-9-12)10-14-17(20)24-16(18-14)13-4-2-3-5-15(13)19(21)22/h2-10H,1H3. The number of carbonyl (C=O) groups is 1. The number of rotatable bonds is 4. The minimum Gasteiger partial charge on any atom is -0.497 e. The van der Waals surface area contributed by atoms with Gasteiger partial charge in [-0.2, -0.15) is 0 Å². The van der Waals surface area contributed by atoms with Gasteiger partial charge in [0.05, 0.1) is 12.0 Å². The van der Waals surface area contributed by atoms with Crippen molar-refractivity contribution in [2.24, 2.45) is 4.99 Å². The molecule has 7 heteroatoms. The SMILES string of the molecule is COc1ccc(C=C2N=C(c3ccccc3[N+](=O)[O-])OC2=O)cc1. The fraction of sp³-hybridized carbons (Fsp3) is 0.0588. The van der Waals surface area contributed by atoms with Crippen LogP contribution in [0.2, 0.25) is 0 Å². The van der Waals surface area contributed by atoms with Gasteiger partial charge in [0.1, 0.15) is 11.3 Å². The molecule has 0 fully saturated rings. The number of aliphatic imine (C=N–C) groups is 1. The molecule has 0 amide bonds. The maximum atomic E-state index is 12.0. The molecule has 0 unspecified atom stereocenters. The molecule has 0 radical (unpaired) electrons. The summed E-state index contributed by atoms with van der Waals surface area (Å²) in [6.07, 6.45) is 1.55. The lowest BCUT2D eigenvalue weighted by Gasteiger charge is -2.00. The molecule has 0 aliphatic carbocycles. The molecule has 0 spiro atoms. The first-order chi connectivity index (χ1) is 11.6. The number of carbonyl (C=O) groups excluding carboxylic acids is 1. The van der Waals surface area contributed by atoms with Crippen molar-refractivity contribution >= 4 is 23.6 Å². The lowest BCUT2D eigenvalue weighted by molar-refractivity contribution is -0.385. The summed E-state index contributed by atoms with van der Waals surface area (Å²) in [4.78, 5) is 26.6. The monoisotopic (exact) mass is 324 g/mol. The minimum atomic E-state index is -0.654. The highest BCUT2D eigenvalue weighted by Crippen LogP contribution is 2.25. The van der Waals surface area contributed by atoms with Crippen molar-refractivity contribution in [3.63, 3.8) is 0 Å². The first-order valence-corrected chi connectivity index (χ1v) is 6.99. The Balaban J connectivity index is 1.96. The zero-order valence-electron chi connectivity index (χ0n) is 12.6. The molecule has 1 aliphatic rings. The van der Waals surface area contributed by atoms with Gasteiger partial charge in [-0.05, 0) is 29.8 Å². The Labute approximate surface area is 137 Å². The first kappa shape index (κ1) is 15.4. The van der Waals surface area contributed by atoms with Crippen molar-refractivity contribution in [1.82, 2.24) is 0 Å². The van der Waals surface area contributed by atoms with Crippen LogP contribution in [0, 0.1) is 10.1 Å². The van der Waals surface area contributed by atoms with Crippen molar-refractivity contribution in [3.05, 3.63) is 75.5 Å². The van der Waals surface area contributed by atoms with Crippen molar-refractivity contribution in [3.8, 4) is 5.75 Å². The molecule has 3 rings (SSSR count). The highest BCUT2D eigenvalue weighted by atomic mass is 16.6. The number of nitro benzene ring substituents is 1. The molecule has 1 heterocycles. The molecule has 2 aromatic rings. The van der Waals surface area contributed by atoms with Crippen LogP contribution in [0.4, 0.5) is 5.69 Å². The van der Waals surface area contributed by atoms with Crippen LogP contribution in [-0.2, 0) is 9.53 Å². The summed E-state index contributed by atoms with van der Waals surface area (Å²) in [5.74, 6) is -0.0405. The van der Waals surface area contributed by atoms with Gasteiger partial charge in [0, 0.05) is 6.07 Å². The van der Waals surface area contributed by atoms with Gasteiger partial charge < -0.3 is 9.47 Å². The molecule has 7 nitrogen and oxygen atoms in total. The Hall–Kier alpha value is -3.48. The Bertz CT molecular complexity index is 869. The molecule has 2 aromatic carbocycles. The van der Waals surface area contributed by atoms with E-state index in [1.165, 1.54) is 18.2 Å². The summed E-state index contributed by atoms with van der Waals surface area (Å²) >= 11 is 0. The van der Waals surface area contributed by atoms with Crippen LogP contribution in [0.25, 0.3) is 6.08 Å². The van der Waals surface area contributed by atoms with Gasteiger partial charge in [-0.1, -0.05) is 24.3 Å². The minimum absolute atomic E-state index is 0.0768. The Morgan fingerprint density at radius 3 is 2.54 bits per heavy atom. The van der Waals surface area contributed by atoms with Crippen LogP contribution in [0.15, 0.2) is 59.2 Å². The van der Waals surface area contributed by atoms with E-state index in [0.29, 0.717) is 5.75 Å². The lowest BCUT2D eigenvalue weighted by atomic mass is 10.2. The van der Waals surface area contributed by atoms with E-state index in [4.69, 9.17) is 9.47 Å². The van der Waals surface area contributed by atoms with E-state index in [1.807, 2.05) is 0 Å². The predicted molar refractivity (Wildman–Crippen MR) is 86.7 cm³/mol. The zero-order valence-corrected chi connectivity index (χ0v) is 12.6. The number of para-hydroxylation sites is 1. The number of esters is 1. The van der Waals surface area contributed by atoms with E-state index in [9.17, 15) is 14.9 Å². The maximum Gasteiger partial charge on any atom is 0.363 e. The largest absolute Gasteiger partial charge is 0.497 e. The molecule has 120 valence electrons. The van der Waals surface area contributed by atoms with E-state index in [2.05, 4.69) is 4.99 Å². The summed E-state index contributed by atoms with van der Waals surface area (Å²) < 4.78 is 10.1. The molecular formula is C17H12N2O5. The number of methoxy groups -OCH3 is 1. The summed E-state index contributed by atoms with van der Waals surface area (Å²) in [5, 5.41) is 11.1. The van der Waals surface area contributed by atoms with Gasteiger partial charge in [0.25, 0.3) is 5.69 Å². The molecule has 0 atom stereocenters. The van der Waals surface area contributed by atoms with Gasteiger partial charge in [0.2, 0.25) is 5.90 Å². The lowest BCUT2D eigenvalue weighted by Crippen LogP contribution is -2.07. The topological polar surface area (TPSA) is 91.0 Å². The third-order valence-corrected chi connectivity index (χ3v) is 3.37. The van der Waals surface area contributed by atoms with Crippen molar-refractivity contribution in [2.45, 2.75) is 0 Å². The summed E-state index contributed by atoms with van der Waals surface area (Å²) in [6, 6.07) is 13.0. The van der Waals surface area contributed by atoms with Crippen LogP contribution in [-0.4, -0.2) is 23.9 Å². The molecule has 1 aliphatic heterocycles. The normalized spacial score (nSPS) is 15.1. The molecule has 24 heavy (non-hydrogen) atoms. The summed E-state index contributed by atoms with van der Waals surface area (Å²) in [5.41, 5.74) is 0.798. The van der Waals surface area contributed by atoms with Crippen molar-refractivity contribution < 1.29 is 19.2 Å². The second-order valence-electron chi connectivity index (χ2n) is 4.88. The van der Waals surface area contributed by atoms with Gasteiger partial charge >= 0.3 is 5.97 Å². The second kappa shape index (κ2) is 6.33. The molecular weight excluding hydrogens is 312 g/mol. The average molecular weight is 324 g/mol. The Morgan fingerprint density at radius 2 is 1.88 bits per heavy atom. The van der Waals surface area contributed by atoms with E-state index in [-0.39, 0.29) is 22.8 Å². The highest BCUT2D eigenvalue weighted by Gasteiger charge is 2.28. The highest BCUT2D eigenvalue weighted by molar-refractivity contribution is 6.14. The zero-order chi connectivity index (χ0) is 17.1. The first-order valence-electron chi connectivity index (χ1n) is 6.99. The number of cyclic esters (lactones) is 1. The van der Waals surface area contributed by atoms with Crippen LogP contribution in [0.1, 0.15) is 11.1 Å². The summed E-state index contributed by atoms with van der Waals surface area (Å²) in [6.45, 7) is 0. The number of hydrogen-bond donors (Lipinski definition) is 0. The summed E-state index contributed by atoms with van der Waals surface area (Å²) in [7, 11) is 1.56. The van der Waals surface area contributed by atoms with Gasteiger partial charge in [-0.3, -0.25) is 10.1 Å². The fourth-order valence-corrected chi connectivity index (χ4v) is 2.20. The molecule has 0 aromatic heterocycles. The third kappa shape index (κ3) is 3.00. The number of hydrogen-bond acceptors (Lipinski definition) is 6. The quantitative estimate of drug-likeness (QED) is 0.373. The van der Waals surface area contributed by atoms with Crippen molar-refractivity contribution in [2.75, 3.05) is 7.11 Å². The number of benzene rings is 2. The smallest absolute Gasteiger partial charge is 0.363 e. The van der Waals surface area contributed by atoms with E-state index in [0.717, 1.165) is 5.56 Å². The molecule has 0 saturated carbocycles. The molecule has 0 bridgehead atoms. The van der Waals surface area contributed by atoms with Gasteiger partial charge in [0.15, 0.2) is 5.70 Å². The number of nitrogens with zero attached hydrogens (tertiary/aromatic N) is 2. The maximum absolute atomic E-state index is 12.0. The van der Waals surface area contributed by atoms with Crippen LogP contribution >= 0.6 is 0 Å². The fourth-order valence-electron chi connectivity index (χ4n) is 2.20. The third-order valence-electron chi connectivity index (χ3n) is 3.37. The number of nitro groups is 1. The van der Waals surface area contributed by atoms with E-state index < -0.39 is 10.9 Å². The Kier molecular flexibility index (Phi) is 4.07. The van der Waals surface area contributed by atoms with Gasteiger partial charge in [-0.15, -0.1) is 0 Å². The van der Waals surface area contributed by atoms with Crippen LogP contribution in [0.3, 0.4) is 0 Å². The Morgan fingerprint density at radius 1 is 1.17 bits per heavy atom. The number of ether oxygens (including phenoxy) is 2. The molecule has 0 N–H and O–H groups in total. The van der Waals surface area contributed by atoms with E-state index >= 15 is 0 Å². The van der Waals surface area contributed by atoms with E-state index in [1.54, 1.807) is 43.5 Å².